The average molecular weight is 327 g/mol. The summed E-state index contributed by atoms with van der Waals surface area (Å²) < 4.78 is 5.54. The predicted octanol–water partition coefficient (Wildman–Crippen LogP) is 3.26. The van der Waals surface area contributed by atoms with Crippen LogP contribution >= 0.6 is 15.9 Å². The topological polar surface area (TPSA) is 63.6 Å². The third-order valence-electron chi connectivity index (χ3n) is 2.02. The highest BCUT2D eigenvalue weighted by atomic mass is 79.9. The molecule has 0 aliphatic heterocycles. The summed E-state index contributed by atoms with van der Waals surface area (Å²) in [6, 6.07) is 6.83. The van der Waals surface area contributed by atoms with E-state index in [9.17, 15) is 14.7 Å². The summed E-state index contributed by atoms with van der Waals surface area (Å²) in [5.41, 5.74) is -0.316. The van der Waals surface area contributed by atoms with Gasteiger partial charge in [0.1, 0.15) is 11.4 Å². The first-order valence-electron chi connectivity index (χ1n) is 5.63. The molecule has 1 N–H and O–H groups in total. The Morgan fingerprint density at radius 3 is 2.37 bits per heavy atom. The largest absolute Gasteiger partial charge is 0.507 e. The lowest BCUT2D eigenvalue weighted by atomic mass is 10.1. The number of carbonyl (C=O) groups excluding carboxylic acids is 2. The molecular formula is C14H15BrO4. The molecule has 0 aromatic heterocycles. The molecule has 0 amide bonds. The number of aliphatic hydroxyl groups is 1. The van der Waals surface area contributed by atoms with E-state index in [0.717, 1.165) is 6.08 Å². The van der Waals surface area contributed by atoms with Crippen molar-refractivity contribution in [2.45, 2.75) is 26.4 Å². The maximum atomic E-state index is 11.6. The fraction of sp³-hybridized carbons (Fsp3) is 0.286. The SMILES string of the molecule is CC(C)(C)OC(=O)C(=O)/C=C(\O)c1ccccc1Br. The number of rotatable bonds is 3. The summed E-state index contributed by atoms with van der Waals surface area (Å²) in [5.74, 6) is -2.18. The van der Waals surface area contributed by atoms with Crippen molar-refractivity contribution in [3.8, 4) is 0 Å². The van der Waals surface area contributed by atoms with Crippen LogP contribution in [0.2, 0.25) is 0 Å². The standard InChI is InChI=1S/C14H15BrO4/c1-14(2,3)19-13(18)12(17)8-11(16)9-6-4-5-7-10(9)15/h4-8,16H,1-3H3/b11-8-. The molecule has 0 bridgehead atoms. The first kappa shape index (κ1) is 15.4. The molecular weight excluding hydrogens is 312 g/mol. The minimum atomic E-state index is -0.994. The second-order valence-corrected chi connectivity index (χ2v) is 5.73. The van der Waals surface area contributed by atoms with Gasteiger partial charge in [0, 0.05) is 16.1 Å². The van der Waals surface area contributed by atoms with Crippen LogP contribution < -0.4 is 0 Å². The van der Waals surface area contributed by atoms with Gasteiger partial charge in [0.15, 0.2) is 0 Å². The van der Waals surface area contributed by atoms with Crippen LogP contribution in [-0.2, 0) is 14.3 Å². The molecule has 0 saturated heterocycles. The lowest BCUT2D eigenvalue weighted by Crippen LogP contribution is -2.28. The van der Waals surface area contributed by atoms with Crippen LogP contribution in [0.15, 0.2) is 34.8 Å². The molecule has 0 fully saturated rings. The van der Waals surface area contributed by atoms with Crippen molar-refractivity contribution in [3.63, 3.8) is 0 Å². The number of ether oxygens (including phenoxy) is 1. The lowest BCUT2D eigenvalue weighted by Gasteiger charge is -2.18. The first-order chi connectivity index (χ1) is 8.70. The molecule has 0 heterocycles. The molecule has 1 rings (SSSR count). The van der Waals surface area contributed by atoms with Crippen molar-refractivity contribution in [1.82, 2.24) is 0 Å². The lowest BCUT2D eigenvalue weighted by molar-refractivity contribution is -0.160. The summed E-state index contributed by atoms with van der Waals surface area (Å²) in [6.07, 6.45) is 0.855. The summed E-state index contributed by atoms with van der Waals surface area (Å²) in [5, 5.41) is 9.82. The number of benzene rings is 1. The minimum absolute atomic E-state index is 0.289. The second-order valence-electron chi connectivity index (χ2n) is 4.88. The summed E-state index contributed by atoms with van der Waals surface area (Å²) in [6.45, 7) is 4.99. The minimum Gasteiger partial charge on any atom is -0.507 e. The highest BCUT2D eigenvalue weighted by Gasteiger charge is 2.22. The van der Waals surface area contributed by atoms with Gasteiger partial charge in [0.05, 0.1) is 0 Å². The molecule has 0 spiro atoms. The van der Waals surface area contributed by atoms with Gasteiger partial charge in [0.2, 0.25) is 0 Å². The van der Waals surface area contributed by atoms with Gasteiger partial charge in [-0.2, -0.15) is 0 Å². The zero-order valence-corrected chi connectivity index (χ0v) is 12.5. The maximum absolute atomic E-state index is 11.6. The quantitative estimate of drug-likeness (QED) is 0.401. The average Bonchev–Trinajstić information content (AvgIpc) is 2.27. The van der Waals surface area contributed by atoms with E-state index >= 15 is 0 Å². The van der Waals surface area contributed by atoms with Crippen LogP contribution in [0.4, 0.5) is 0 Å². The third-order valence-corrected chi connectivity index (χ3v) is 2.71. The molecule has 0 radical (unpaired) electrons. The summed E-state index contributed by atoms with van der Waals surface area (Å²) in [7, 11) is 0. The van der Waals surface area contributed by atoms with Gasteiger partial charge in [-0.1, -0.05) is 34.1 Å². The van der Waals surface area contributed by atoms with Gasteiger partial charge in [-0.05, 0) is 26.8 Å². The number of aliphatic hydroxyl groups excluding tert-OH is 1. The van der Waals surface area contributed by atoms with E-state index in [1.807, 2.05) is 0 Å². The molecule has 1 aromatic carbocycles. The number of hydrogen-bond donors (Lipinski definition) is 1. The van der Waals surface area contributed by atoms with Gasteiger partial charge in [-0.15, -0.1) is 0 Å². The fourth-order valence-corrected chi connectivity index (χ4v) is 1.75. The van der Waals surface area contributed by atoms with E-state index in [4.69, 9.17) is 4.74 Å². The van der Waals surface area contributed by atoms with Crippen LogP contribution in [0.25, 0.3) is 5.76 Å². The van der Waals surface area contributed by atoms with Crippen molar-refractivity contribution in [2.24, 2.45) is 0 Å². The third kappa shape index (κ3) is 4.87. The number of esters is 1. The van der Waals surface area contributed by atoms with Crippen LogP contribution in [0.5, 0.6) is 0 Å². The molecule has 0 aliphatic carbocycles. The zero-order chi connectivity index (χ0) is 14.6. The molecule has 1 aromatic rings. The first-order valence-corrected chi connectivity index (χ1v) is 6.43. The molecule has 0 atom stereocenters. The monoisotopic (exact) mass is 326 g/mol. The van der Waals surface area contributed by atoms with Gasteiger partial charge in [0.25, 0.3) is 5.78 Å². The Bertz CT molecular complexity index is 526. The Morgan fingerprint density at radius 2 is 1.84 bits per heavy atom. The van der Waals surface area contributed by atoms with E-state index in [2.05, 4.69) is 15.9 Å². The number of hydrogen-bond acceptors (Lipinski definition) is 4. The van der Waals surface area contributed by atoms with Crippen molar-refractivity contribution in [1.29, 1.82) is 0 Å². The molecule has 5 heteroatoms. The summed E-state index contributed by atoms with van der Waals surface area (Å²) >= 11 is 3.24. The van der Waals surface area contributed by atoms with E-state index in [-0.39, 0.29) is 5.76 Å². The number of carbonyl (C=O) groups is 2. The molecule has 0 saturated carbocycles. The van der Waals surface area contributed by atoms with Gasteiger partial charge >= 0.3 is 5.97 Å². The highest BCUT2D eigenvalue weighted by Crippen LogP contribution is 2.22. The maximum Gasteiger partial charge on any atom is 0.379 e. The van der Waals surface area contributed by atoms with E-state index in [1.54, 1.807) is 45.0 Å². The normalized spacial score (nSPS) is 12.1. The Kier molecular flexibility index (Phi) is 4.89. The molecule has 4 nitrogen and oxygen atoms in total. The van der Waals surface area contributed by atoms with Gasteiger partial charge in [-0.3, -0.25) is 4.79 Å². The fourth-order valence-electron chi connectivity index (χ4n) is 1.26. The van der Waals surface area contributed by atoms with Gasteiger partial charge in [-0.25, -0.2) is 4.79 Å². The van der Waals surface area contributed by atoms with Crippen molar-refractivity contribution in [3.05, 3.63) is 40.4 Å². The molecule has 0 unspecified atom stereocenters. The summed E-state index contributed by atoms with van der Waals surface area (Å²) in [4.78, 5) is 23.1. The highest BCUT2D eigenvalue weighted by molar-refractivity contribution is 9.10. The van der Waals surface area contributed by atoms with Crippen LogP contribution in [-0.4, -0.2) is 22.5 Å². The van der Waals surface area contributed by atoms with E-state index in [0.29, 0.717) is 10.0 Å². The van der Waals surface area contributed by atoms with Gasteiger partial charge < -0.3 is 9.84 Å². The number of halogens is 1. The van der Waals surface area contributed by atoms with Crippen LogP contribution in [0.1, 0.15) is 26.3 Å². The van der Waals surface area contributed by atoms with E-state index in [1.165, 1.54) is 0 Å². The van der Waals surface area contributed by atoms with Crippen molar-refractivity contribution >= 4 is 33.4 Å². The predicted molar refractivity (Wildman–Crippen MR) is 75.6 cm³/mol. The Labute approximate surface area is 120 Å². The van der Waals surface area contributed by atoms with E-state index < -0.39 is 17.4 Å². The smallest absolute Gasteiger partial charge is 0.379 e. The van der Waals surface area contributed by atoms with Crippen LogP contribution in [0.3, 0.4) is 0 Å². The Hall–Kier alpha value is -1.62. The van der Waals surface area contributed by atoms with Crippen LogP contribution in [0, 0.1) is 0 Å². The second kappa shape index (κ2) is 6.02. The Morgan fingerprint density at radius 1 is 1.26 bits per heavy atom. The molecule has 102 valence electrons. The zero-order valence-electron chi connectivity index (χ0n) is 10.9. The molecule has 0 aliphatic rings. The Balaban J connectivity index is 2.88. The van der Waals surface area contributed by atoms with Crippen molar-refractivity contribution in [2.75, 3.05) is 0 Å². The molecule has 19 heavy (non-hydrogen) atoms. The number of ketones is 1. The van der Waals surface area contributed by atoms with Crippen molar-refractivity contribution < 1.29 is 19.4 Å².